The number of nitrogens with one attached hydrogen (secondary N) is 4. The molecule has 0 aliphatic carbocycles. The third-order valence-corrected chi connectivity index (χ3v) is 6.78. The van der Waals surface area contributed by atoms with E-state index in [0.717, 1.165) is 10.4 Å². The molecule has 2 atom stereocenters. The second kappa shape index (κ2) is 10.7. The van der Waals surface area contributed by atoms with Gasteiger partial charge < -0.3 is 25.4 Å². The van der Waals surface area contributed by atoms with Crippen LogP contribution in [0.25, 0.3) is 0 Å². The summed E-state index contributed by atoms with van der Waals surface area (Å²) in [6.07, 6.45) is 0.423. The maximum atomic E-state index is 12.2. The van der Waals surface area contributed by atoms with Crippen molar-refractivity contribution < 1.29 is 23.9 Å². The highest BCUT2D eigenvalue weighted by molar-refractivity contribution is 8.00. The summed E-state index contributed by atoms with van der Waals surface area (Å²) >= 11 is 2.86. The molecule has 1 saturated heterocycles. The molecule has 9 nitrogen and oxygen atoms in total. The molecule has 4 rings (SSSR count). The molecule has 2 unspecified atom stereocenters. The molecule has 0 bridgehead atoms. The molecule has 3 heterocycles. The zero-order chi connectivity index (χ0) is 22.3. The van der Waals surface area contributed by atoms with Crippen LogP contribution in [-0.2, 0) is 27.5 Å². The van der Waals surface area contributed by atoms with Crippen LogP contribution in [0.5, 0.6) is 11.5 Å². The smallest absolute Gasteiger partial charge is 0.231 e. The number of thiophene rings is 1. The van der Waals surface area contributed by atoms with Crippen LogP contribution >= 0.6 is 23.1 Å². The van der Waals surface area contributed by atoms with Gasteiger partial charge in [0.1, 0.15) is 5.50 Å². The molecule has 2 aliphatic rings. The van der Waals surface area contributed by atoms with Crippen molar-refractivity contribution in [1.82, 2.24) is 21.3 Å². The molecule has 1 aromatic heterocycles. The molecular weight excluding hydrogens is 452 g/mol. The number of fused-ring (bicyclic) bond motifs is 1. The summed E-state index contributed by atoms with van der Waals surface area (Å²) in [4.78, 5) is 37.6. The normalized spacial score (nSPS) is 19.3. The van der Waals surface area contributed by atoms with Crippen LogP contribution in [0.3, 0.4) is 0 Å². The molecule has 0 saturated carbocycles. The fourth-order valence-corrected chi connectivity index (χ4v) is 4.89. The predicted molar refractivity (Wildman–Crippen MR) is 121 cm³/mol. The topological polar surface area (TPSA) is 118 Å². The number of ether oxygens (including phenoxy) is 2. The van der Waals surface area contributed by atoms with Crippen molar-refractivity contribution in [2.24, 2.45) is 0 Å². The molecule has 2 aromatic rings. The SMILES string of the molecule is O=C(CSC1NC(=O)CC(CC(=O)NCc2cccs2)N1)NCc1ccc2c(c1)OCO2. The summed E-state index contributed by atoms with van der Waals surface area (Å²) in [5.41, 5.74) is 0.480. The van der Waals surface area contributed by atoms with Gasteiger partial charge in [0.2, 0.25) is 24.5 Å². The van der Waals surface area contributed by atoms with E-state index in [-0.39, 0.29) is 49.2 Å². The highest BCUT2D eigenvalue weighted by Gasteiger charge is 2.28. The summed E-state index contributed by atoms with van der Waals surface area (Å²) in [5.74, 6) is 1.13. The van der Waals surface area contributed by atoms with E-state index in [9.17, 15) is 14.4 Å². The van der Waals surface area contributed by atoms with Gasteiger partial charge in [-0.3, -0.25) is 19.7 Å². The maximum Gasteiger partial charge on any atom is 0.231 e. The third-order valence-electron chi connectivity index (χ3n) is 4.89. The first kappa shape index (κ1) is 22.4. The van der Waals surface area contributed by atoms with Crippen molar-refractivity contribution in [2.75, 3.05) is 12.5 Å². The Morgan fingerprint density at radius 1 is 1.12 bits per heavy atom. The van der Waals surface area contributed by atoms with Gasteiger partial charge in [0, 0.05) is 30.3 Å². The minimum absolute atomic E-state index is 0.115. The zero-order valence-electron chi connectivity index (χ0n) is 17.2. The van der Waals surface area contributed by atoms with E-state index in [2.05, 4.69) is 21.3 Å². The van der Waals surface area contributed by atoms with E-state index in [1.165, 1.54) is 11.8 Å². The Labute approximate surface area is 193 Å². The van der Waals surface area contributed by atoms with Crippen LogP contribution in [0.2, 0.25) is 0 Å². The molecule has 11 heteroatoms. The predicted octanol–water partition coefficient (Wildman–Crippen LogP) is 1.29. The first-order chi connectivity index (χ1) is 15.5. The molecule has 2 aliphatic heterocycles. The van der Waals surface area contributed by atoms with Crippen molar-refractivity contribution in [3.63, 3.8) is 0 Å². The lowest BCUT2D eigenvalue weighted by Crippen LogP contribution is -2.56. The van der Waals surface area contributed by atoms with Crippen LogP contribution in [-0.4, -0.2) is 41.8 Å². The second-order valence-electron chi connectivity index (χ2n) is 7.35. The highest BCUT2D eigenvalue weighted by Crippen LogP contribution is 2.32. The van der Waals surface area contributed by atoms with Crippen LogP contribution in [0, 0.1) is 0 Å². The van der Waals surface area contributed by atoms with E-state index >= 15 is 0 Å². The lowest BCUT2D eigenvalue weighted by Gasteiger charge is -2.30. The van der Waals surface area contributed by atoms with E-state index in [1.54, 1.807) is 11.3 Å². The van der Waals surface area contributed by atoms with E-state index in [0.29, 0.717) is 24.6 Å². The zero-order valence-corrected chi connectivity index (χ0v) is 18.9. The van der Waals surface area contributed by atoms with Gasteiger partial charge in [-0.2, -0.15) is 0 Å². The van der Waals surface area contributed by atoms with Gasteiger partial charge >= 0.3 is 0 Å². The van der Waals surface area contributed by atoms with Crippen molar-refractivity contribution >= 4 is 40.8 Å². The monoisotopic (exact) mass is 476 g/mol. The minimum Gasteiger partial charge on any atom is -0.454 e. The Morgan fingerprint density at radius 3 is 2.81 bits per heavy atom. The highest BCUT2D eigenvalue weighted by atomic mass is 32.2. The quantitative estimate of drug-likeness (QED) is 0.431. The first-order valence-corrected chi connectivity index (χ1v) is 12.1. The van der Waals surface area contributed by atoms with Crippen LogP contribution in [0.4, 0.5) is 0 Å². The van der Waals surface area contributed by atoms with Gasteiger partial charge in [-0.05, 0) is 29.1 Å². The number of amides is 3. The molecule has 170 valence electrons. The first-order valence-electron chi connectivity index (χ1n) is 10.2. The number of rotatable bonds is 9. The van der Waals surface area contributed by atoms with Gasteiger partial charge in [-0.25, -0.2) is 0 Å². The third kappa shape index (κ3) is 6.38. The van der Waals surface area contributed by atoms with Crippen molar-refractivity contribution in [3.8, 4) is 11.5 Å². The largest absolute Gasteiger partial charge is 0.454 e. The maximum absolute atomic E-state index is 12.2. The number of hydrogen-bond donors (Lipinski definition) is 4. The summed E-state index contributed by atoms with van der Waals surface area (Å²) in [6, 6.07) is 9.15. The van der Waals surface area contributed by atoms with Gasteiger partial charge in [0.15, 0.2) is 11.5 Å². The molecule has 1 fully saturated rings. The van der Waals surface area contributed by atoms with Crippen LogP contribution in [0.1, 0.15) is 23.3 Å². The minimum atomic E-state index is -0.428. The van der Waals surface area contributed by atoms with E-state index in [4.69, 9.17) is 9.47 Å². The summed E-state index contributed by atoms with van der Waals surface area (Å²) in [5, 5.41) is 13.7. The Hall–Kier alpha value is -2.76. The molecule has 0 spiro atoms. The molecule has 32 heavy (non-hydrogen) atoms. The van der Waals surface area contributed by atoms with Gasteiger partial charge in [-0.15, -0.1) is 23.1 Å². The average Bonchev–Trinajstić information content (AvgIpc) is 3.46. The van der Waals surface area contributed by atoms with Gasteiger partial charge in [-0.1, -0.05) is 12.1 Å². The van der Waals surface area contributed by atoms with Gasteiger partial charge in [0.25, 0.3) is 0 Å². The van der Waals surface area contributed by atoms with Crippen molar-refractivity contribution in [3.05, 3.63) is 46.2 Å². The Balaban J connectivity index is 1.17. The molecule has 4 N–H and O–H groups in total. The molecule has 3 amide bonds. The standard InChI is InChI=1S/C21H24N4O5S2/c26-18(23-10-15-2-1-5-31-15)7-14-8-19(27)25-21(24-14)32-11-20(28)22-9-13-3-4-16-17(6-13)30-12-29-16/h1-6,14,21,24H,7-12H2,(H,22,28)(H,23,26)(H,25,27). The van der Waals surface area contributed by atoms with Crippen molar-refractivity contribution in [1.29, 1.82) is 0 Å². The van der Waals surface area contributed by atoms with Crippen LogP contribution in [0.15, 0.2) is 35.7 Å². The number of thioether (sulfide) groups is 1. The Bertz CT molecular complexity index is 969. The van der Waals surface area contributed by atoms with Crippen molar-refractivity contribution in [2.45, 2.75) is 37.5 Å². The second-order valence-corrected chi connectivity index (χ2v) is 9.48. The fraction of sp³-hybridized carbons (Fsp3) is 0.381. The van der Waals surface area contributed by atoms with Crippen LogP contribution < -0.4 is 30.7 Å². The number of carbonyl (C=O) groups is 3. The molecule has 0 radical (unpaired) electrons. The summed E-state index contributed by atoms with van der Waals surface area (Å²) in [6.45, 7) is 1.06. The average molecular weight is 477 g/mol. The fourth-order valence-electron chi connectivity index (χ4n) is 3.32. The molecule has 1 aromatic carbocycles. The summed E-state index contributed by atoms with van der Waals surface area (Å²) in [7, 11) is 0. The number of carbonyl (C=O) groups excluding carboxylic acids is 3. The Morgan fingerprint density at radius 2 is 1.97 bits per heavy atom. The van der Waals surface area contributed by atoms with E-state index in [1.807, 2.05) is 35.7 Å². The van der Waals surface area contributed by atoms with Gasteiger partial charge in [0.05, 0.1) is 12.3 Å². The number of benzene rings is 1. The lowest BCUT2D eigenvalue weighted by molar-refractivity contribution is -0.125. The van der Waals surface area contributed by atoms with E-state index < -0.39 is 5.50 Å². The Kier molecular flexibility index (Phi) is 7.51. The molecular formula is C21H24N4O5S2. The lowest BCUT2D eigenvalue weighted by atomic mass is 10.1. The summed E-state index contributed by atoms with van der Waals surface area (Å²) < 4.78 is 10.6. The number of hydrogen-bond acceptors (Lipinski definition) is 8.